The van der Waals surface area contributed by atoms with Crippen LogP contribution in [-0.4, -0.2) is 30.2 Å². The van der Waals surface area contributed by atoms with Crippen LogP contribution in [0.1, 0.15) is 12.5 Å². The van der Waals surface area contributed by atoms with Gasteiger partial charge in [0.05, 0.1) is 22.6 Å². The first-order chi connectivity index (χ1) is 12.4. The van der Waals surface area contributed by atoms with Crippen molar-refractivity contribution in [3.05, 3.63) is 84.5 Å². The van der Waals surface area contributed by atoms with Crippen LogP contribution in [0.2, 0.25) is 0 Å². The molecule has 0 bridgehead atoms. The monoisotopic (exact) mass is 356 g/mol. The fourth-order valence-electron chi connectivity index (χ4n) is 2.53. The maximum Gasteiger partial charge on any atom is 0.157 e. The van der Waals surface area contributed by atoms with Gasteiger partial charge in [0, 0.05) is 38.3 Å². The number of allylic oxidation sites excluding steroid dienone is 5. The van der Waals surface area contributed by atoms with E-state index in [-0.39, 0.29) is 11.3 Å². The number of hydrogen-bond acceptors (Lipinski definition) is 4. The lowest BCUT2D eigenvalue weighted by Gasteiger charge is -2.27. The van der Waals surface area contributed by atoms with Crippen LogP contribution >= 0.6 is 0 Å². The van der Waals surface area contributed by atoms with E-state index < -0.39 is 11.6 Å². The summed E-state index contributed by atoms with van der Waals surface area (Å²) in [5.41, 5.74) is 2.18. The van der Waals surface area contributed by atoms with Crippen LogP contribution in [-0.2, 0) is 0 Å². The predicted octanol–water partition coefficient (Wildman–Crippen LogP) is 4.70. The number of benzene rings is 1. The molecule has 0 aromatic heterocycles. The molecule has 0 amide bonds. The van der Waals surface area contributed by atoms with Crippen LogP contribution in [0.15, 0.2) is 72.4 Å². The van der Waals surface area contributed by atoms with Crippen molar-refractivity contribution in [2.24, 2.45) is 5.10 Å². The van der Waals surface area contributed by atoms with Gasteiger partial charge in [0.25, 0.3) is 0 Å². The summed E-state index contributed by atoms with van der Waals surface area (Å²) in [6, 6.07) is 2.61. The van der Waals surface area contributed by atoms with Crippen molar-refractivity contribution in [2.45, 2.75) is 6.92 Å². The van der Waals surface area contributed by atoms with E-state index in [9.17, 15) is 8.78 Å². The molecule has 1 heterocycles. The first kappa shape index (κ1) is 19.2. The molecule has 1 aromatic rings. The van der Waals surface area contributed by atoms with Crippen LogP contribution in [0.25, 0.3) is 5.57 Å². The van der Waals surface area contributed by atoms with E-state index in [1.54, 1.807) is 60.8 Å². The van der Waals surface area contributed by atoms with E-state index in [1.165, 1.54) is 12.1 Å². The van der Waals surface area contributed by atoms with Gasteiger partial charge >= 0.3 is 0 Å². The molecule has 0 aliphatic carbocycles. The number of hydrogen-bond donors (Lipinski definition) is 1. The molecule has 6 heteroatoms. The Hall–Kier alpha value is -3.15. The van der Waals surface area contributed by atoms with Crippen molar-refractivity contribution in [1.82, 2.24) is 9.91 Å². The summed E-state index contributed by atoms with van der Waals surface area (Å²) in [5, 5.41) is 8.61. The van der Waals surface area contributed by atoms with Gasteiger partial charge < -0.3 is 10.2 Å². The molecular formula is C20H22F2N4. The quantitative estimate of drug-likeness (QED) is 0.592. The Morgan fingerprint density at radius 3 is 2.62 bits per heavy atom. The van der Waals surface area contributed by atoms with Crippen molar-refractivity contribution >= 4 is 17.5 Å². The first-order valence-corrected chi connectivity index (χ1v) is 8.01. The Balaban J connectivity index is 2.49. The second kappa shape index (κ2) is 8.29. The SMILES string of the molecule is C=C/C=N\N(C)/C(C)=C1\C=CC(c2c(F)ccc(NC)c2F)=CN1C=C. The highest BCUT2D eigenvalue weighted by molar-refractivity contribution is 5.79. The molecule has 0 radical (unpaired) electrons. The highest BCUT2D eigenvalue weighted by atomic mass is 19.1. The fourth-order valence-corrected chi connectivity index (χ4v) is 2.53. The number of nitrogens with zero attached hydrogens (tertiary/aromatic N) is 3. The van der Waals surface area contributed by atoms with Gasteiger partial charge in [0.1, 0.15) is 5.82 Å². The van der Waals surface area contributed by atoms with E-state index >= 15 is 0 Å². The lowest BCUT2D eigenvalue weighted by Crippen LogP contribution is -2.19. The minimum absolute atomic E-state index is 0.0883. The van der Waals surface area contributed by atoms with Gasteiger partial charge in [-0.25, -0.2) is 8.78 Å². The summed E-state index contributed by atoms with van der Waals surface area (Å²) in [7, 11) is 3.39. The van der Waals surface area contributed by atoms with Crippen LogP contribution in [0, 0.1) is 11.6 Å². The van der Waals surface area contributed by atoms with Crippen LogP contribution in [0.4, 0.5) is 14.5 Å². The number of rotatable bonds is 6. The van der Waals surface area contributed by atoms with Crippen molar-refractivity contribution in [2.75, 3.05) is 19.4 Å². The predicted molar refractivity (Wildman–Crippen MR) is 104 cm³/mol. The zero-order chi connectivity index (χ0) is 19.3. The van der Waals surface area contributed by atoms with Gasteiger partial charge in [-0.2, -0.15) is 5.10 Å². The van der Waals surface area contributed by atoms with Gasteiger partial charge in [-0.1, -0.05) is 19.2 Å². The van der Waals surface area contributed by atoms with Gasteiger partial charge in [-0.15, -0.1) is 0 Å². The molecule has 2 rings (SSSR count). The van der Waals surface area contributed by atoms with E-state index in [4.69, 9.17) is 0 Å². The summed E-state index contributed by atoms with van der Waals surface area (Å²) in [4.78, 5) is 1.70. The molecule has 0 saturated carbocycles. The minimum Gasteiger partial charge on any atom is -0.386 e. The standard InChI is InChI=1S/C20H22F2N4/c1-6-12-24-25(5)14(3)18-11-8-15(13-26(18)7-2)19-16(21)9-10-17(23-4)20(19)22/h6-13,23H,1-2H2,3-5H3/b18-14+,24-12-. The third-order valence-electron chi connectivity index (χ3n) is 4.02. The second-order valence-electron chi connectivity index (χ2n) is 5.54. The maximum absolute atomic E-state index is 14.6. The van der Waals surface area contributed by atoms with Crippen molar-refractivity contribution < 1.29 is 8.78 Å². The molecule has 0 saturated heterocycles. The topological polar surface area (TPSA) is 30.9 Å². The largest absolute Gasteiger partial charge is 0.386 e. The Bertz CT molecular complexity index is 834. The molecular weight excluding hydrogens is 334 g/mol. The number of hydrazone groups is 1. The van der Waals surface area contributed by atoms with Gasteiger partial charge in [-0.3, -0.25) is 5.01 Å². The molecule has 0 unspecified atom stereocenters. The summed E-state index contributed by atoms with van der Waals surface area (Å²) in [5.74, 6) is -1.26. The molecule has 0 atom stereocenters. The van der Waals surface area contributed by atoms with Gasteiger partial charge in [-0.05, 0) is 31.2 Å². The van der Waals surface area contributed by atoms with E-state index in [2.05, 4.69) is 23.6 Å². The average molecular weight is 356 g/mol. The highest BCUT2D eigenvalue weighted by Gasteiger charge is 2.20. The molecule has 26 heavy (non-hydrogen) atoms. The van der Waals surface area contributed by atoms with Crippen LogP contribution in [0.3, 0.4) is 0 Å². The van der Waals surface area contributed by atoms with Crippen molar-refractivity contribution in [3.63, 3.8) is 0 Å². The summed E-state index contributed by atoms with van der Waals surface area (Å²) >= 11 is 0. The van der Waals surface area contributed by atoms with Crippen LogP contribution < -0.4 is 5.32 Å². The second-order valence-corrected chi connectivity index (χ2v) is 5.54. The minimum atomic E-state index is -0.635. The summed E-state index contributed by atoms with van der Waals surface area (Å²) in [6.45, 7) is 9.26. The summed E-state index contributed by atoms with van der Waals surface area (Å²) < 4.78 is 28.9. The molecule has 4 nitrogen and oxygen atoms in total. The smallest absolute Gasteiger partial charge is 0.157 e. The molecule has 0 fully saturated rings. The van der Waals surface area contributed by atoms with Gasteiger partial charge in [0.15, 0.2) is 5.82 Å². The van der Waals surface area contributed by atoms with Crippen molar-refractivity contribution in [1.29, 1.82) is 0 Å². The van der Waals surface area contributed by atoms with E-state index in [0.29, 0.717) is 5.57 Å². The number of nitrogens with one attached hydrogen (secondary N) is 1. The lowest BCUT2D eigenvalue weighted by atomic mass is 10.0. The zero-order valence-electron chi connectivity index (χ0n) is 15.1. The molecule has 1 aromatic carbocycles. The van der Waals surface area contributed by atoms with Crippen LogP contribution in [0.5, 0.6) is 0 Å². The lowest BCUT2D eigenvalue weighted by molar-refractivity contribution is 0.430. The Morgan fingerprint density at radius 1 is 1.27 bits per heavy atom. The molecule has 1 aliphatic rings. The third-order valence-corrected chi connectivity index (χ3v) is 4.02. The summed E-state index contributed by atoms with van der Waals surface area (Å²) in [6.07, 6.45) is 9.81. The first-order valence-electron chi connectivity index (χ1n) is 8.01. The number of anilines is 1. The molecule has 1 N–H and O–H groups in total. The molecule has 136 valence electrons. The fraction of sp³-hybridized carbons (Fsp3) is 0.150. The Kier molecular flexibility index (Phi) is 6.11. The molecule has 1 aliphatic heterocycles. The van der Waals surface area contributed by atoms with E-state index in [1.807, 2.05) is 6.92 Å². The molecule has 0 spiro atoms. The third kappa shape index (κ3) is 3.74. The number of halogens is 2. The van der Waals surface area contributed by atoms with Crippen molar-refractivity contribution in [3.8, 4) is 0 Å². The Morgan fingerprint density at radius 2 is 2.00 bits per heavy atom. The van der Waals surface area contributed by atoms with E-state index in [0.717, 1.165) is 11.4 Å². The highest BCUT2D eigenvalue weighted by Crippen LogP contribution is 2.32. The van der Waals surface area contributed by atoms with Gasteiger partial charge in [0.2, 0.25) is 0 Å². The average Bonchev–Trinajstić information content (AvgIpc) is 2.65. The Labute approximate surface area is 152 Å². The maximum atomic E-state index is 14.6. The zero-order valence-corrected chi connectivity index (χ0v) is 15.1. The normalized spacial score (nSPS) is 15.7.